The standard InChI is InChI=1S/C40H65N11O11S/c1-22(2)18-28(48-36(58)30-13-9-16-51(30)38(60)25(41)21-52)33(55)45-20-31(54)50-32(23(3)53)37(59)47-27(14-17-63-4)35(57)46-26(12-8-15-44-40(42)43)34(56)49-29(39(61)62)19-24-10-6-5-7-11-24/h5-7,10-11,22-23,25-30,32,52-53H,8-9,12-21,41H2,1-4H3,(H,45,55)(H,46,57)(H,47,59)(H,48,58)(H,49,56)(H,50,54)(H,61,62)(H4,42,43,44)/t23-,25+,26+,27+,28+,29+,30+,32+/m1/s1. The minimum atomic E-state index is -1.62. The third-order valence-electron chi connectivity index (χ3n) is 9.92. The van der Waals surface area contributed by atoms with Gasteiger partial charge in [0, 0.05) is 19.5 Å². The number of carbonyl (C=O) groups excluding carboxylic acids is 7. The van der Waals surface area contributed by atoms with E-state index in [2.05, 4.69) is 36.9 Å². The molecule has 1 aliphatic heterocycles. The van der Waals surface area contributed by atoms with Crippen molar-refractivity contribution in [3.8, 4) is 0 Å². The summed E-state index contributed by atoms with van der Waals surface area (Å²) in [6, 6.07) is -0.158. The summed E-state index contributed by atoms with van der Waals surface area (Å²) in [4.78, 5) is 111. The highest BCUT2D eigenvalue weighted by Gasteiger charge is 2.38. The zero-order chi connectivity index (χ0) is 47.2. The zero-order valence-electron chi connectivity index (χ0n) is 36.2. The van der Waals surface area contributed by atoms with Gasteiger partial charge in [0.25, 0.3) is 0 Å². The predicted octanol–water partition coefficient (Wildman–Crippen LogP) is -3.60. The highest BCUT2D eigenvalue weighted by atomic mass is 32.2. The van der Waals surface area contributed by atoms with E-state index in [1.165, 1.54) is 23.6 Å². The van der Waals surface area contributed by atoms with Gasteiger partial charge < -0.3 is 69.3 Å². The summed E-state index contributed by atoms with van der Waals surface area (Å²) < 4.78 is 0. The lowest BCUT2D eigenvalue weighted by molar-refractivity contribution is -0.142. The smallest absolute Gasteiger partial charge is 0.326 e. The zero-order valence-corrected chi connectivity index (χ0v) is 37.0. The van der Waals surface area contributed by atoms with Crippen molar-refractivity contribution < 1.29 is 53.7 Å². The molecule has 2 rings (SSSR count). The van der Waals surface area contributed by atoms with Gasteiger partial charge in [0.15, 0.2) is 5.96 Å². The van der Waals surface area contributed by atoms with Gasteiger partial charge in [0.2, 0.25) is 41.4 Å². The van der Waals surface area contributed by atoms with Crippen LogP contribution in [0.1, 0.15) is 64.9 Å². The van der Waals surface area contributed by atoms with E-state index in [9.17, 15) is 53.7 Å². The SMILES string of the molecule is CSCC[C@H](NC(=O)[C@@H](NC(=O)CNC(=O)[C@H](CC(C)C)NC(=O)[C@@H]1CCCN1C(=O)[C@@H](N)CO)[C@@H](C)O)C(=O)N[C@@H](CCCN=C(N)N)C(=O)N[C@@H](Cc1ccccc1)C(=O)O. The molecule has 1 fully saturated rings. The number of hydrogen-bond acceptors (Lipinski definition) is 13. The Morgan fingerprint density at radius 2 is 1.48 bits per heavy atom. The molecular formula is C40H65N11O11S. The van der Waals surface area contributed by atoms with Crippen LogP contribution in [0.3, 0.4) is 0 Å². The first-order valence-corrected chi connectivity index (χ1v) is 22.1. The van der Waals surface area contributed by atoms with Crippen LogP contribution in [0.5, 0.6) is 0 Å². The van der Waals surface area contributed by atoms with E-state index in [1.54, 1.807) is 36.6 Å². The van der Waals surface area contributed by atoms with Gasteiger partial charge in [0.05, 0.1) is 19.3 Å². The van der Waals surface area contributed by atoms with Gasteiger partial charge in [-0.05, 0) is 68.9 Å². The van der Waals surface area contributed by atoms with Crippen LogP contribution in [-0.4, -0.2) is 160 Å². The summed E-state index contributed by atoms with van der Waals surface area (Å²) in [5, 5.41) is 44.8. The first-order valence-electron chi connectivity index (χ1n) is 20.7. The maximum Gasteiger partial charge on any atom is 0.326 e. The van der Waals surface area contributed by atoms with Crippen molar-refractivity contribution in [1.29, 1.82) is 0 Å². The van der Waals surface area contributed by atoms with Crippen LogP contribution in [-0.2, 0) is 44.8 Å². The van der Waals surface area contributed by atoms with Crippen molar-refractivity contribution >= 4 is 65.0 Å². The number of nitrogens with one attached hydrogen (secondary N) is 6. The molecule has 63 heavy (non-hydrogen) atoms. The summed E-state index contributed by atoms with van der Waals surface area (Å²) in [5.41, 5.74) is 17.2. The average Bonchev–Trinajstić information content (AvgIpc) is 3.73. The highest BCUT2D eigenvalue weighted by molar-refractivity contribution is 7.98. The Labute approximate surface area is 371 Å². The summed E-state index contributed by atoms with van der Waals surface area (Å²) in [5.74, 6) is -6.63. The predicted molar refractivity (Wildman–Crippen MR) is 234 cm³/mol. The number of nitrogens with two attached hydrogens (primary N) is 3. The molecule has 0 radical (unpaired) electrons. The quantitative estimate of drug-likeness (QED) is 0.0231. The minimum absolute atomic E-state index is 0.0208. The number of aliphatic hydroxyl groups is 2. The third-order valence-corrected chi connectivity index (χ3v) is 10.6. The molecule has 1 saturated heterocycles. The number of nitrogens with zero attached hydrogens (tertiary/aromatic N) is 2. The normalized spacial score (nSPS) is 16.8. The molecular weight excluding hydrogens is 843 g/mol. The lowest BCUT2D eigenvalue weighted by Gasteiger charge is -2.28. The summed E-state index contributed by atoms with van der Waals surface area (Å²) in [7, 11) is 0. The largest absolute Gasteiger partial charge is 0.480 e. The van der Waals surface area contributed by atoms with E-state index < -0.39 is 109 Å². The van der Waals surface area contributed by atoms with Crippen LogP contribution in [0, 0.1) is 5.92 Å². The lowest BCUT2D eigenvalue weighted by Crippen LogP contribution is -2.60. The molecule has 0 saturated carbocycles. The minimum Gasteiger partial charge on any atom is -0.480 e. The van der Waals surface area contributed by atoms with Crippen LogP contribution in [0.2, 0.25) is 0 Å². The number of amides is 7. The number of carboxylic acids is 1. The number of likely N-dealkylation sites (tertiary alicyclic amines) is 1. The number of hydrogen-bond donors (Lipinski definition) is 12. The Morgan fingerprint density at radius 1 is 0.857 bits per heavy atom. The van der Waals surface area contributed by atoms with Crippen LogP contribution >= 0.6 is 11.8 Å². The van der Waals surface area contributed by atoms with E-state index >= 15 is 0 Å². The molecule has 1 heterocycles. The molecule has 1 aliphatic rings. The Kier molecular flexibility index (Phi) is 23.4. The first kappa shape index (κ1) is 53.6. The highest BCUT2D eigenvalue weighted by Crippen LogP contribution is 2.19. The third kappa shape index (κ3) is 18.8. The Hall–Kier alpha value is -5.52. The van der Waals surface area contributed by atoms with E-state index in [1.807, 2.05) is 13.8 Å². The van der Waals surface area contributed by atoms with E-state index in [0.29, 0.717) is 24.2 Å². The van der Waals surface area contributed by atoms with E-state index in [4.69, 9.17) is 17.2 Å². The molecule has 0 aliphatic carbocycles. The summed E-state index contributed by atoms with van der Waals surface area (Å²) >= 11 is 1.35. The number of carboxylic acid groups (broad SMARTS) is 1. The number of carbonyl (C=O) groups is 8. The Balaban J connectivity index is 2.17. The molecule has 7 amide bonds. The fourth-order valence-electron chi connectivity index (χ4n) is 6.62. The lowest BCUT2D eigenvalue weighted by atomic mass is 10.0. The molecule has 352 valence electrons. The number of aliphatic carboxylic acids is 1. The molecule has 22 nitrogen and oxygen atoms in total. The van der Waals surface area contributed by atoms with Gasteiger partial charge >= 0.3 is 5.97 Å². The number of guanidine groups is 1. The van der Waals surface area contributed by atoms with Gasteiger partial charge in [0.1, 0.15) is 42.3 Å². The summed E-state index contributed by atoms with van der Waals surface area (Å²) in [6.45, 7) is 3.92. The van der Waals surface area contributed by atoms with Crippen molar-refractivity contribution in [1.82, 2.24) is 36.8 Å². The van der Waals surface area contributed by atoms with Gasteiger partial charge in [-0.2, -0.15) is 11.8 Å². The van der Waals surface area contributed by atoms with Crippen LogP contribution < -0.4 is 49.1 Å². The molecule has 0 spiro atoms. The fraction of sp³-hybridized carbons (Fsp3) is 0.625. The molecule has 8 atom stereocenters. The molecule has 23 heteroatoms. The Morgan fingerprint density at radius 3 is 2.05 bits per heavy atom. The van der Waals surface area contributed by atoms with Crippen LogP contribution in [0.15, 0.2) is 35.3 Å². The molecule has 1 aromatic rings. The number of aliphatic imine (C=N–C) groups is 1. The van der Waals surface area contributed by atoms with E-state index in [-0.39, 0.29) is 57.1 Å². The topological polar surface area (TPSA) is 363 Å². The second kappa shape index (κ2) is 27.5. The van der Waals surface area contributed by atoms with Gasteiger partial charge in [-0.3, -0.25) is 38.6 Å². The molecule has 1 aromatic carbocycles. The van der Waals surface area contributed by atoms with E-state index in [0.717, 1.165) is 0 Å². The number of aliphatic hydroxyl groups excluding tert-OH is 2. The first-order chi connectivity index (χ1) is 29.8. The number of rotatable bonds is 27. The van der Waals surface area contributed by atoms with Gasteiger partial charge in [-0.1, -0.05) is 44.2 Å². The average molecular weight is 908 g/mol. The maximum absolute atomic E-state index is 13.8. The molecule has 0 unspecified atom stereocenters. The van der Waals surface area contributed by atoms with Gasteiger partial charge in [-0.15, -0.1) is 0 Å². The van der Waals surface area contributed by atoms with Crippen molar-refractivity contribution in [3.63, 3.8) is 0 Å². The second-order valence-corrected chi connectivity index (χ2v) is 16.6. The Bertz CT molecular complexity index is 1730. The number of benzene rings is 1. The molecule has 0 aromatic heterocycles. The number of thioether (sulfide) groups is 1. The molecule has 0 bridgehead atoms. The molecule has 15 N–H and O–H groups in total. The van der Waals surface area contributed by atoms with Gasteiger partial charge in [-0.25, -0.2) is 4.79 Å². The van der Waals surface area contributed by atoms with Crippen molar-refractivity contribution in [3.05, 3.63) is 35.9 Å². The van der Waals surface area contributed by atoms with Crippen LogP contribution in [0.25, 0.3) is 0 Å². The van der Waals surface area contributed by atoms with Crippen molar-refractivity contribution in [2.45, 2.75) is 114 Å². The fourth-order valence-corrected chi connectivity index (χ4v) is 7.09. The van der Waals surface area contributed by atoms with Crippen LogP contribution in [0.4, 0.5) is 0 Å². The second-order valence-electron chi connectivity index (χ2n) is 15.6. The maximum atomic E-state index is 13.8. The van der Waals surface area contributed by atoms with Crippen molar-refractivity contribution in [2.75, 3.05) is 38.2 Å². The van der Waals surface area contributed by atoms with Crippen molar-refractivity contribution in [2.24, 2.45) is 28.1 Å². The monoisotopic (exact) mass is 907 g/mol. The summed E-state index contributed by atoms with van der Waals surface area (Å²) in [6.07, 6.45) is 1.44.